The minimum atomic E-state index is -2.17. The predicted molar refractivity (Wildman–Crippen MR) is 34.5 cm³/mol. The second kappa shape index (κ2) is 46.6. The van der Waals surface area contributed by atoms with Gasteiger partial charge in [-0.15, -0.1) is 0 Å². The van der Waals surface area contributed by atoms with Gasteiger partial charge in [0, 0.05) is 0 Å². The van der Waals surface area contributed by atoms with Crippen molar-refractivity contribution in [2.45, 2.75) is 0 Å². The zero-order valence-corrected chi connectivity index (χ0v) is 5.42. The van der Waals surface area contributed by atoms with Crippen LogP contribution in [0.4, 0.5) is 4.39 Å². The van der Waals surface area contributed by atoms with Gasteiger partial charge in [-0.05, 0) is 0 Å². The van der Waals surface area contributed by atoms with Crippen molar-refractivity contribution < 1.29 is 19.5 Å². The summed E-state index contributed by atoms with van der Waals surface area (Å²) in [5.74, 6) is 0. The summed E-state index contributed by atoms with van der Waals surface area (Å²) in [5.41, 5.74) is 0. The summed E-state index contributed by atoms with van der Waals surface area (Å²) in [5, 5.41) is 21.5. The molecule has 8 heteroatoms. The molecule has 0 unspecified atom stereocenters. The average Bonchev–Trinajstić information content (AvgIpc) is 1.41. The summed E-state index contributed by atoms with van der Waals surface area (Å²) in [7, 11) is -1.67. The molecule has 0 amide bonds. The molecule has 12 N–H and O–H groups in total. The maximum absolute atomic E-state index is 9.50. The number of hydrogen-bond donors (Lipinski definition) is 6. The molecule has 62 valence electrons. The van der Waals surface area contributed by atoms with Crippen molar-refractivity contribution in [3.63, 3.8) is 0 Å². The minimum Gasteiger partial charge on any atom is -0.402 e. The Labute approximate surface area is 53.6 Å². The van der Waals surface area contributed by atoms with E-state index in [2.05, 4.69) is 0 Å². The SMILES string of the molecule is CF.N.N.N.OB(O)O. The van der Waals surface area contributed by atoms with E-state index in [1.54, 1.807) is 0 Å². The quantitative estimate of drug-likeness (QED) is 0.241. The van der Waals surface area contributed by atoms with Gasteiger partial charge in [-0.3, -0.25) is 4.39 Å². The number of hydrogen-bond acceptors (Lipinski definition) is 6. The monoisotopic (exact) mass is 147 g/mol. The molecule has 0 aliphatic rings. The largest absolute Gasteiger partial charge is 0.631 e. The molecule has 0 heterocycles. The van der Waals surface area contributed by atoms with Crippen molar-refractivity contribution in [2.75, 3.05) is 7.18 Å². The smallest absolute Gasteiger partial charge is 0.402 e. The van der Waals surface area contributed by atoms with Crippen LogP contribution in [0.1, 0.15) is 0 Å². The third-order valence-electron chi connectivity index (χ3n) is 0. The molecule has 6 nitrogen and oxygen atoms in total. The standard InChI is InChI=1S/CH3F.BH3O3.3H3N/c1-2;2-1(3)4;;;/h1H3;2-4H;3*1H3. The Balaban J connectivity index is -0.00000000990. The van der Waals surface area contributed by atoms with Crippen LogP contribution in [-0.2, 0) is 0 Å². The van der Waals surface area contributed by atoms with Crippen LogP contribution in [0.25, 0.3) is 0 Å². The lowest BCUT2D eigenvalue weighted by atomic mass is 10.3. The lowest BCUT2D eigenvalue weighted by Crippen LogP contribution is -2.07. The fourth-order valence-electron chi connectivity index (χ4n) is 0. The number of alkyl halides is 1. The van der Waals surface area contributed by atoms with E-state index in [4.69, 9.17) is 15.1 Å². The molecule has 0 radical (unpaired) electrons. The van der Waals surface area contributed by atoms with Crippen LogP contribution in [0.3, 0.4) is 0 Å². The lowest BCUT2D eigenvalue weighted by molar-refractivity contribution is 0.278. The molecule has 0 fully saturated rings. The van der Waals surface area contributed by atoms with Gasteiger partial charge >= 0.3 is 7.32 Å². The topological polar surface area (TPSA) is 166 Å². The van der Waals surface area contributed by atoms with E-state index in [9.17, 15) is 4.39 Å². The molecule has 0 atom stereocenters. The first-order chi connectivity index (χ1) is 2.73. The molecule has 0 saturated carbocycles. The van der Waals surface area contributed by atoms with E-state index in [1.165, 1.54) is 0 Å². The van der Waals surface area contributed by atoms with Crippen LogP contribution >= 0.6 is 0 Å². The normalized spacial score (nSPS) is 3.67. The van der Waals surface area contributed by atoms with Gasteiger partial charge in [0.1, 0.15) is 0 Å². The van der Waals surface area contributed by atoms with Crippen LogP contribution in [0, 0.1) is 0 Å². The molecule has 0 aromatic rings. The van der Waals surface area contributed by atoms with Crippen LogP contribution in [-0.4, -0.2) is 29.6 Å². The van der Waals surface area contributed by atoms with Crippen molar-refractivity contribution in [3.8, 4) is 0 Å². The highest BCUT2D eigenvalue weighted by atomic mass is 19.1. The summed E-state index contributed by atoms with van der Waals surface area (Å²) >= 11 is 0. The Kier molecular flexibility index (Phi) is 193. The van der Waals surface area contributed by atoms with Crippen LogP contribution in [0.2, 0.25) is 0 Å². The zero-order chi connectivity index (χ0) is 5.58. The molecule has 0 aliphatic heterocycles. The molecule has 0 spiro atoms. The Hall–Kier alpha value is -0.245. The van der Waals surface area contributed by atoms with E-state index in [0.717, 1.165) is 0 Å². The second-order valence-corrected chi connectivity index (χ2v) is 0.346. The highest BCUT2D eigenvalue weighted by Crippen LogP contribution is 1.40. The number of halogens is 1. The molecule has 0 bridgehead atoms. The summed E-state index contributed by atoms with van der Waals surface area (Å²) in [6.07, 6.45) is 0. The fourth-order valence-corrected chi connectivity index (χ4v) is 0. The predicted octanol–water partition coefficient (Wildman–Crippen LogP) is -0.980. The van der Waals surface area contributed by atoms with Crippen molar-refractivity contribution in [2.24, 2.45) is 0 Å². The maximum Gasteiger partial charge on any atom is 0.631 e. The highest BCUT2D eigenvalue weighted by Gasteiger charge is 1.92. The summed E-state index contributed by atoms with van der Waals surface area (Å²) in [4.78, 5) is 0. The number of rotatable bonds is 0. The molecule has 0 aromatic carbocycles. The van der Waals surface area contributed by atoms with Crippen LogP contribution in [0.5, 0.6) is 0 Å². The lowest BCUT2D eigenvalue weighted by Gasteiger charge is -1.69. The molecule has 0 aromatic heterocycles. The molecular weight excluding hydrogens is 132 g/mol. The maximum atomic E-state index is 9.50. The van der Waals surface area contributed by atoms with Gasteiger partial charge < -0.3 is 33.5 Å². The van der Waals surface area contributed by atoms with Gasteiger partial charge in [0.2, 0.25) is 0 Å². The van der Waals surface area contributed by atoms with Gasteiger partial charge in [0.05, 0.1) is 7.18 Å². The summed E-state index contributed by atoms with van der Waals surface area (Å²) in [6, 6.07) is 0. The Bertz CT molecular complexity index is 23.8. The Morgan fingerprint density at radius 1 is 0.889 bits per heavy atom. The van der Waals surface area contributed by atoms with Gasteiger partial charge in [-0.2, -0.15) is 0 Å². The van der Waals surface area contributed by atoms with Gasteiger partial charge in [0.15, 0.2) is 0 Å². The van der Waals surface area contributed by atoms with Gasteiger partial charge in [-0.25, -0.2) is 0 Å². The van der Waals surface area contributed by atoms with Crippen molar-refractivity contribution in [1.82, 2.24) is 18.5 Å². The summed E-state index contributed by atoms with van der Waals surface area (Å²) < 4.78 is 9.50. The van der Waals surface area contributed by atoms with E-state index >= 15 is 0 Å². The molecule has 0 rings (SSSR count). The van der Waals surface area contributed by atoms with Crippen LogP contribution < -0.4 is 18.5 Å². The van der Waals surface area contributed by atoms with Gasteiger partial charge in [0.25, 0.3) is 0 Å². The molecular formula is CH15BFN3O3. The van der Waals surface area contributed by atoms with E-state index in [0.29, 0.717) is 7.18 Å². The Morgan fingerprint density at radius 2 is 0.889 bits per heavy atom. The fraction of sp³-hybridized carbons (Fsp3) is 1.00. The van der Waals surface area contributed by atoms with E-state index < -0.39 is 7.32 Å². The molecule has 0 saturated heterocycles. The van der Waals surface area contributed by atoms with E-state index in [-0.39, 0.29) is 18.5 Å². The first kappa shape index (κ1) is 37.3. The molecule has 9 heavy (non-hydrogen) atoms. The van der Waals surface area contributed by atoms with Crippen molar-refractivity contribution >= 4 is 7.32 Å². The third-order valence-corrected chi connectivity index (χ3v) is 0. The summed E-state index contributed by atoms with van der Waals surface area (Å²) in [6.45, 7) is 0. The van der Waals surface area contributed by atoms with Crippen molar-refractivity contribution in [3.05, 3.63) is 0 Å². The zero-order valence-electron chi connectivity index (χ0n) is 5.42. The highest BCUT2D eigenvalue weighted by molar-refractivity contribution is 6.30. The Morgan fingerprint density at radius 3 is 0.889 bits per heavy atom. The van der Waals surface area contributed by atoms with Crippen LogP contribution in [0.15, 0.2) is 0 Å². The first-order valence-corrected chi connectivity index (χ1v) is 1.15. The second-order valence-electron chi connectivity index (χ2n) is 0.346. The minimum absolute atomic E-state index is 0. The molecule has 0 aliphatic carbocycles. The average molecular weight is 147 g/mol. The van der Waals surface area contributed by atoms with Gasteiger partial charge in [-0.1, -0.05) is 0 Å². The first-order valence-electron chi connectivity index (χ1n) is 1.15. The van der Waals surface area contributed by atoms with E-state index in [1.807, 2.05) is 0 Å². The third kappa shape index (κ3) is 4280. The van der Waals surface area contributed by atoms with Crippen molar-refractivity contribution in [1.29, 1.82) is 0 Å².